The summed E-state index contributed by atoms with van der Waals surface area (Å²) in [7, 11) is 1.81. The third-order valence-corrected chi connectivity index (χ3v) is 5.77. The van der Waals surface area contributed by atoms with Gasteiger partial charge in [-0.05, 0) is 36.4 Å². The van der Waals surface area contributed by atoms with Crippen molar-refractivity contribution in [3.05, 3.63) is 47.6 Å². The van der Waals surface area contributed by atoms with Crippen LogP contribution in [0, 0.1) is 5.41 Å². The van der Waals surface area contributed by atoms with Gasteiger partial charge in [-0.25, -0.2) is 18.4 Å². The van der Waals surface area contributed by atoms with Crippen LogP contribution in [0.4, 0.5) is 26.2 Å². The molecule has 0 radical (unpaired) electrons. The Morgan fingerprint density at radius 3 is 2.41 bits per heavy atom. The molecule has 1 aromatic carbocycles. The first-order valence-corrected chi connectivity index (χ1v) is 9.72. The molecule has 2 aromatic heterocycles. The summed E-state index contributed by atoms with van der Waals surface area (Å²) in [5.74, 6) is -0.528. The maximum absolute atomic E-state index is 13.2. The predicted molar refractivity (Wildman–Crippen MR) is 108 cm³/mol. The van der Waals surface area contributed by atoms with Crippen molar-refractivity contribution < 1.29 is 8.78 Å². The summed E-state index contributed by atoms with van der Waals surface area (Å²) in [4.78, 5) is 11.1. The highest BCUT2D eigenvalue weighted by Gasteiger charge is 2.61. The number of aromatic nitrogens is 4. The molecule has 1 spiro atoms. The van der Waals surface area contributed by atoms with Crippen molar-refractivity contribution in [3.63, 3.8) is 0 Å². The normalized spacial score (nSPS) is 19.0. The second-order valence-electron chi connectivity index (χ2n) is 7.99. The minimum absolute atomic E-state index is 0.00413. The molecule has 0 bridgehead atoms. The summed E-state index contributed by atoms with van der Waals surface area (Å²) in [6, 6.07) is 11.1. The van der Waals surface area contributed by atoms with Gasteiger partial charge in [-0.15, -0.1) is 5.10 Å². The highest BCUT2D eigenvalue weighted by Crippen LogP contribution is 2.57. The number of pyridine rings is 1. The van der Waals surface area contributed by atoms with Crippen molar-refractivity contribution >= 4 is 29.1 Å². The van der Waals surface area contributed by atoms with E-state index in [9.17, 15) is 8.78 Å². The van der Waals surface area contributed by atoms with Gasteiger partial charge in [0.2, 0.25) is 11.9 Å². The second-order valence-corrected chi connectivity index (χ2v) is 8.42. The number of anilines is 3. The molecule has 1 saturated heterocycles. The van der Waals surface area contributed by atoms with Gasteiger partial charge in [0.05, 0.1) is 0 Å². The van der Waals surface area contributed by atoms with Gasteiger partial charge in [0.15, 0.2) is 5.82 Å². The van der Waals surface area contributed by atoms with Crippen molar-refractivity contribution in [1.29, 1.82) is 0 Å². The molecule has 6 nitrogen and oxygen atoms in total. The molecular weight excluding hydrogens is 398 g/mol. The zero-order chi connectivity index (χ0) is 20.2. The number of alkyl halides is 2. The van der Waals surface area contributed by atoms with E-state index in [1.165, 1.54) is 0 Å². The van der Waals surface area contributed by atoms with Crippen molar-refractivity contribution in [2.45, 2.75) is 18.8 Å². The Morgan fingerprint density at radius 1 is 1.07 bits per heavy atom. The first-order chi connectivity index (χ1) is 13.8. The molecule has 1 N–H and O–H groups in total. The van der Waals surface area contributed by atoms with Gasteiger partial charge in [0, 0.05) is 60.9 Å². The van der Waals surface area contributed by atoms with E-state index in [-0.39, 0.29) is 18.3 Å². The minimum atomic E-state index is -2.48. The van der Waals surface area contributed by atoms with Crippen LogP contribution in [0.5, 0.6) is 0 Å². The lowest BCUT2D eigenvalue weighted by atomic mass is 9.61. The molecule has 2 fully saturated rings. The van der Waals surface area contributed by atoms with E-state index < -0.39 is 5.92 Å². The number of halogens is 3. The van der Waals surface area contributed by atoms with Crippen LogP contribution in [-0.4, -0.2) is 38.8 Å². The predicted octanol–water partition coefficient (Wildman–Crippen LogP) is 4.51. The summed E-state index contributed by atoms with van der Waals surface area (Å²) in [6.07, 6.45) is 1.71. The number of benzene rings is 1. The molecule has 0 atom stereocenters. The largest absolute Gasteiger partial charge is 0.355 e. The molecule has 29 heavy (non-hydrogen) atoms. The minimum Gasteiger partial charge on any atom is -0.355 e. The van der Waals surface area contributed by atoms with Crippen LogP contribution in [0.15, 0.2) is 42.6 Å². The Labute approximate surface area is 171 Å². The smallest absolute Gasteiger partial charge is 0.249 e. The van der Waals surface area contributed by atoms with Crippen molar-refractivity contribution in [1.82, 2.24) is 19.7 Å². The van der Waals surface area contributed by atoms with Crippen LogP contribution in [0.25, 0.3) is 11.4 Å². The fourth-order valence-corrected chi connectivity index (χ4v) is 4.30. The maximum Gasteiger partial charge on any atom is 0.249 e. The molecule has 150 valence electrons. The summed E-state index contributed by atoms with van der Waals surface area (Å²) < 4.78 is 28.0. The van der Waals surface area contributed by atoms with E-state index in [0.717, 1.165) is 17.1 Å². The zero-order valence-corrected chi connectivity index (χ0v) is 16.5. The van der Waals surface area contributed by atoms with Gasteiger partial charge < -0.3 is 10.2 Å². The molecule has 0 unspecified atom stereocenters. The van der Waals surface area contributed by atoms with Crippen LogP contribution >= 0.6 is 11.6 Å². The van der Waals surface area contributed by atoms with Crippen LogP contribution in [0.1, 0.15) is 12.8 Å². The lowest BCUT2D eigenvalue weighted by Crippen LogP contribution is -2.66. The van der Waals surface area contributed by atoms with E-state index >= 15 is 0 Å². The fraction of sp³-hybridized carbons (Fsp3) is 0.350. The van der Waals surface area contributed by atoms with Gasteiger partial charge in [0.25, 0.3) is 0 Å². The van der Waals surface area contributed by atoms with Crippen LogP contribution in [0.2, 0.25) is 5.02 Å². The number of hydrogen-bond acceptors (Lipinski definition) is 5. The van der Waals surface area contributed by atoms with Crippen LogP contribution in [-0.2, 0) is 7.05 Å². The van der Waals surface area contributed by atoms with E-state index in [2.05, 4.69) is 20.4 Å². The second kappa shape index (κ2) is 6.38. The molecule has 1 aliphatic carbocycles. The lowest BCUT2D eigenvalue weighted by Gasteiger charge is -2.59. The Kier molecular flexibility index (Phi) is 4.03. The highest BCUT2D eigenvalue weighted by molar-refractivity contribution is 6.30. The standard InChI is InChI=1S/C20H19ClF2N6/c1-28-18(25-15-5-3-14(21)4-6-15)26-17(27-28)13-2-7-16(24-8-13)29-11-19(12-29)9-20(22,23)10-19/h2-8H,9-12H2,1H3,(H,25,26,27). The lowest BCUT2D eigenvalue weighted by molar-refractivity contribution is -0.170. The van der Waals surface area contributed by atoms with Gasteiger partial charge >= 0.3 is 0 Å². The summed E-state index contributed by atoms with van der Waals surface area (Å²) in [5, 5.41) is 8.32. The van der Waals surface area contributed by atoms with E-state index in [0.29, 0.717) is 29.9 Å². The van der Waals surface area contributed by atoms with Crippen LogP contribution < -0.4 is 10.2 Å². The number of aryl methyl sites for hydroxylation is 1. The molecule has 1 aliphatic heterocycles. The molecule has 3 heterocycles. The van der Waals surface area contributed by atoms with Crippen molar-refractivity contribution in [2.75, 3.05) is 23.3 Å². The monoisotopic (exact) mass is 416 g/mol. The number of nitrogens with zero attached hydrogens (tertiary/aromatic N) is 5. The molecule has 9 heteroatoms. The molecule has 3 aromatic rings. The SMILES string of the molecule is Cn1nc(-c2ccc(N3CC4(C3)CC(F)(F)C4)nc2)nc1Nc1ccc(Cl)cc1. The number of rotatable bonds is 4. The third-order valence-electron chi connectivity index (χ3n) is 5.51. The molecule has 2 aliphatic rings. The summed E-state index contributed by atoms with van der Waals surface area (Å²) in [6.45, 7) is 1.29. The van der Waals surface area contributed by atoms with E-state index in [1.54, 1.807) is 23.0 Å². The fourth-order valence-electron chi connectivity index (χ4n) is 4.18. The molecule has 0 amide bonds. The Bertz CT molecular complexity index is 1030. The van der Waals surface area contributed by atoms with Gasteiger partial charge in [-0.3, -0.25) is 0 Å². The van der Waals surface area contributed by atoms with Crippen molar-refractivity contribution in [3.8, 4) is 11.4 Å². The van der Waals surface area contributed by atoms with Gasteiger partial charge in [-0.2, -0.15) is 4.98 Å². The maximum atomic E-state index is 13.2. The molecule has 1 saturated carbocycles. The Morgan fingerprint density at radius 2 is 1.79 bits per heavy atom. The summed E-state index contributed by atoms with van der Waals surface area (Å²) >= 11 is 5.91. The zero-order valence-electron chi connectivity index (χ0n) is 15.7. The van der Waals surface area contributed by atoms with Crippen molar-refractivity contribution in [2.24, 2.45) is 12.5 Å². The quantitative estimate of drug-likeness (QED) is 0.678. The van der Waals surface area contributed by atoms with Crippen LogP contribution in [0.3, 0.4) is 0 Å². The average Bonchev–Trinajstić information content (AvgIpc) is 3.00. The average molecular weight is 417 g/mol. The third kappa shape index (κ3) is 3.42. The Hall–Kier alpha value is -2.74. The van der Waals surface area contributed by atoms with E-state index in [1.807, 2.05) is 36.2 Å². The molecule has 5 rings (SSSR count). The van der Waals surface area contributed by atoms with E-state index in [4.69, 9.17) is 11.6 Å². The van der Waals surface area contributed by atoms with Gasteiger partial charge in [-0.1, -0.05) is 11.6 Å². The Balaban J connectivity index is 1.27. The highest BCUT2D eigenvalue weighted by atomic mass is 35.5. The number of hydrogen-bond donors (Lipinski definition) is 1. The number of nitrogens with one attached hydrogen (secondary N) is 1. The summed E-state index contributed by atoms with van der Waals surface area (Å²) in [5.41, 5.74) is 1.44. The topological polar surface area (TPSA) is 58.9 Å². The molecular formula is C20H19ClF2N6. The first-order valence-electron chi connectivity index (χ1n) is 9.34. The first kappa shape index (κ1) is 18.3. The van der Waals surface area contributed by atoms with Gasteiger partial charge in [0.1, 0.15) is 5.82 Å².